The van der Waals surface area contributed by atoms with Crippen LogP contribution in [-0.4, -0.2) is 47.9 Å². The van der Waals surface area contributed by atoms with Crippen molar-refractivity contribution in [1.29, 1.82) is 0 Å². The van der Waals surface area contributed by atoms with Crippen LogP contribution < -0.4 is 20.8 Å². The highest BCUT2D eigenvalue weighted by Crippen LogP contribution is 2.35. The third kappa shape index (κ3) is 3.87. The molecule has 8 heteroatoms. The fraction of sp³-hybridized carbons (Fsp3) is 0.286. The molecule has 1 fully saturated rings. The van der Waals surface area contributed by atoms with Gasteiger partial charge in [-0.25, -0.2) is 4.98 Å². The summed E-state index contributed by atoms with van der Waals surface area (Å²) < 4.78 is 5.80. The van der Waals surface area contributed by atoms with Gasteiger partial charge in [0.05, 0.1) is 12.1 Å². The van der Waals surface area contributed by atoms with Crippen LogP contribution >= 0.6 is 0 Å². The number of rotatable bonds is 5. The lowest BCUT2D eigenvalue weighted by atomic mass is 10.1. The molecule has 0 atom stereocenters. The summed E-state index contributed by atoms with van der Waals surface area (Å²) in [6, 6.07) is 9.53. The molecule has 2 aliphatic heterocycles. The number of nitrogens with one attached hydrogen (secondary N) is 1. The van der Waals surface area contributed by atoms with E-state index in [1.54, 1.807) is 12.3 Å². The van der Waals surface area contributed by atoms with Crippen LogP contribution in [0.25, 0.3) is 0 Å². The summed E-state index contributed by atoms with van der Waals surface area (Å²) >= 11 is 0. The lowest BCUT2D eigenvalue weighted by Crippen LogP contribution is -2.31. The van der Waals surface area contributed by atoms with Gasteiger partial charge in [-0.2, -0.15) is 5.10 Å². The summed E-state index contributed by atoms with van der Waals surface area (Å²) in [4.78, 5) is 21.1. The molecule has 0 unspecified atom stereocenters. The summed E-state index contributed by atoms with van der Waals surface area (Å²) in [6.07, 6.45) is 5.22. The predicted octanol–water partition coefficient (Wildman–Crippen LogP) is 2.20. The lowest BCUT2D eigenvalue weighted by molar-refractivity contribution is 0.0792. The number of amidine groups is 1. The van der Waals surface area contributed by atoms with E-state index >= 15 is 0 Å². The molecule has 1 saturated heterocycles. The molecule has 0 spiro atoms. The molecule has 0 saturated carbocycles. The molecule has 1 aromatic carbocycles. The molecule has 1 amide bonds. The van der Waals surface area contributed by atoms with E-state index in [1.807, 2.05) is 29.2 Å². The van der Waals surface area contributed by atoms with Crippen molar-refractivity contribution < 1.29 is 9.53 Å². The van der Waals surface area contributed by atoms with E-state index in [0.717, 1.165) is 37.2 Å². The predicted molar refractivity (Wildman–Crippen MR) is 112 cm³/mol. The minimum absolute atomic E-state index is 0.0192. The summed E-state index contributed by atoms with van der Waals surface area (Å²) in [5, 5.41) is 3.99. The normalized spacial score (nSPS) is 16.2. The van der Waals surface area contributed by atoms with Crippen LogP contribution in [0, 0.1) is 0 Å². The first-order valence-electron chi connectivity index (χ1n) is 9.67. The molecular formula is C21H24N6O2. The second-order valence-electron chi connectivity index (χ2n) is 6.92. The summed E-state index contributed by atoms with van der Waals surface area (Å²) in [5.41, 5.74) is 10.9. The first-order chi connectivity index (χ1) is 14.2. The molecule has 29 heavy (non-hydrogen) atoms. The Morgan fingerprint density at radius 3 is 2.69 bits per heavy atom. The van der Waals surface area contributed by atoms with Gasteiger partial charge in [-0.05, 0) is 43.2 Å². The number of amides is 1. The van der Waals surface area contributed by atoms with Crippen molar-refractivity contribution in [3.63, 3.8) is 0 Å². The molecule has 150 valence electrons. The van der Waals surface area contributed by atoms with Gasteiger partial charge in [0.25, 0.3) is 5.91 Å². The first kappa shape index (κ1) is 18.8. The van der Waals surface area contributed by atoms with E-state index in [2.05, 4.69) is 27.0 Å². The van der Waals surface area contributed by atoms with Crippen LogP contribution in [0.3, 0.4) is 0 Å². The summed E-state index contributed by atoms with van der Waals surface area (Å²) in [6.45, 7) is 6.34. The van der Waals surface area contributed by atoms with E-state index in [-0.39, 0.29) is 5.91 Å². The van der Waals surface area contributed by atoms with Crippen molar-refractivity contribution >= 4 is 23.2 Å². The maximum Gasteiger partial charge on any atom is 0.255 e. The molecule has 0 bridgehead atoms. The molecule has 0 aliphatic carbocycles. The molecule has 3 heterocycles. The number of fused-ring (bicyclic) bond motifs is 1. The van der Waals surface area contributed by atoms with E-state index < -0.39 is 0 Å². The van der Waals surface area contributed by atoms with Crippen LogP contribution in [-0.2, 0) is 0 Å². The van der Waals surface area contributed by atoms with Crippen molar-refractivity contribution in [3.05, 3.63) is 60.4 Å². The van der Waals surface area contributed by atoms with Gasteiger partial charge < -0.3 is 20.3 Å². The highest BCUT2D eigenvalue weighted by molar-refractivity contribution is 5.98. The first-order valence-corrected chi connectivity index (χ1v) is 9.67. The number of anilines is 2. The topological polar surface area (TPSA) is 96.1 Å². The van der Waals surface area contributed by atoms with E-state index in [1.165, 1.54) is 6.20 Å². The zero-order valence-corrected chi connectivity index (χ0v) is 16.2. The number of ether oxygens (including phenoxy) is 1. The van der Waals surface area contributed by atoms with Gasteiger partial charge in [0.15, 0.2) is 17.4 Å². The Bertz CT molecular complexity index is 935. The Morgan fingerprint density at radius 2 is 1.97 bits per heavy atom. The number of nitrogens with zero attached hydrogens (tertiary/aromatic N) is 4. The molecule has 2 aliphatic rings. The smallest absolute Gasteiger partial charge is 0.255 e. The van der Waals surface area contributed by atoms with E-state index in [0.29, 0.717) is 36.1 Å². The van der Waals surface area contributed by atoms with Crippen molar-refractivity contribution in [2.45, 2.75) is 12.8 Å². The second kappa shape index (κ2) is 8.22. The zero-order chi connectivity index (χ0) is 20.2. The van der Waals surface area contributed by atoms with Gasteiger partial charge in [0.2, 0.25) is 0 Å². The van der Waals surface area contributed by atoms with Crippen LogP contribution in [0.5, 0.6) is 5.75 Å². The summed E-state index contributed by atoms with van der Waals surface area (Å²) in [7, 11) is 0. The highest BCUT2D eigenvalue weighted by Gasteiger charge is 2.25. The Labute approximate surface area is 169 Å². The SMILES string of the molecule is C=CN/N=C(\N)c1ccc(N2CCOc3cc(C(=O)N4CCCC4)cnc32)cc1. The number of hydrazone groups is 1. The third-order valence-corrected chi connectivity index (χ3v) is 5.05. The number of hydrogen-bond acceptors (Lipinski definition) is 6. The van der Waals surface area contributed by atoms with Crippen LogP contribution in [0.2, 0.25) is 0 Å². The number of pyridine rings is 1. The van der Waals surface area contributed by atoms with Gasteiger partial charge in [0, 0.05) is 36.7 Å². The number of hydrogen-bond donors (Lipinski definition) is 2. The lowest BCUT2D eigenvalue weighted by Gasteiger charge is -2.30. The molecule has 4 rings (SSSR count). The van der Waals surface area contributed by atoms with Crippen LogP contribution in [0.4, 0.5) is 11.5 Å². The van der Waals surface area contributed by atoms with Crippen molar-refractivity contribution in [2.24, 2.45) is 10.8 Å². The average molecular weight is 392 g/mol. The minimum Gasteiger partial charge on any atom is -0.488 e. The molecule has 1 aromatic heterocycles. The van der Waals surface area contributed by atoms with Crippen LogP contribution in [0.15, 0.2) is 54.4 Å². The highest BCUT2D eigenvalue weighted by atomic mass is 16.5. The van der Waals surface area contributed by atoms with Crippen LogP contribution in [0.1, 0.15) is 28.8 Å². The quantitative estimate of drug-likeness (QED) is 0.460. The van der Waals surface area contributed by atoms with Gasteiger partial charge in [-0.15, -0.1) is 0 Å². The Hall–Kier alpha value is -3.55. The number of carbonyl (C=O) groups is 1. The molecule has 3 N–H and O–H groups in total. The molecule has 8 nitrogen and oxygen atoms in total. The van der Waals surface area contributed by atoms with E-state index in [9.17, 15) is 4.79 Å². The van der Waals surface area contributed by atoms with Gasteiger partial charge >= 0.3 is 0 Å². The number of likely N-dealkylation sites (tertiary alicyclic amines) is 1. The Kier molecular flexibility index (Phi) is 5.33. The Balaban J connectivity index is 1.56. The maximum atomic E-state index is 12.6. The molecular weight excluding hydrogens is 368 g/mol. The van der Waals surface area contributed by atoms with Gasteiger partial charge in [0.1, 0.15) is 6.61 Å². The van der Waals surface area contributed by atoms with Crippen molar-refractivity contribution in [2.75, 3.05) is 31.1 Å². The number of benzene rings is 1. The van der Waals surface area contributed by atoms with Gasteiger partial charge in [-0.3, -0.25) is 10.2 Å². The van der Waals surface area contributed by atoms with Gasteiger partial charge in [-0.1, -0.05) is 6.58 Å². The molecule has 0 radical (unpaired) electrons. The number of nitrogens with two attached hydrogens (primary N) is 1. The number of carbonyl (C=O) groups excluding carboxylic acids is 1. The zero-order valence-electron chi connectivity index (χ0n) is 16.2. The minimum atomic E-state index is 0.0192. The standard InChI is InChI=1S/C21H24N6O2/c1-2-24-25-19(22)15-5-7-17(8-6-15)27-11-12-29-18-13-16(14-23-20(18)27)21(28)26-9-3-4-10-26/h2,5-8,13-14,24H,1,3-4,9-12H2,(H2,22,25). The second-order valence-corrected chi connectivity index (χ2v) is 6.92. The van der Waals surface area contributed by atoms with Crippen molar-refractivity contribution in [1.82, 2.24) is 15.3 Å². The Morgan fingerprint density at radius 1 is 1.21 bits per heavy atom. The number of aromatic nitrogens is 1. The maximum absolute atomic E-state index is 12.6. The fourth-order valence-corrected chi connectivity index (χ4v) is 3.56. The third-order valence-electron chi connectivity index (χ3n) is 5.05. The summed E-state index contributed by atoms with van der Waals surface area (Å²) in [5.74, 6) is 1.73. The fourth-order valence-electron chi connectivity index (χ4n) is 3.56. The molecule has 2 aromatic rings. The largest absolute Gasteiger partial charge is 0.488 e. The van der Waals surface area contributed by atoms with Crippen molar-refractivity contribution in [3.8, 4) is 5.75 Å². The average Bonchev–Trinajstić information content (AvgIpc) is 3.31. The van der Waals surface area contributed by atoms with E-state index in [4.69, 9.17) is 10.5 Å². The monoisotopic (exact) mass is 392 g/mol.